The lowest BCUT2D eigenvalue weighted by Crippen LogP contribution is -2.36. The monoisotopic (exact) mass is 255 g/mol. The first kappa shape index (κ1) is 12.4. The highest BCUT2D eigenvalue weighted by Gasteiger charge is 2.42. The molecule has 19 heavy (non-hydrogen) atoms. The Morgan fingerprint density at radius 2 is 2.05 bits per heavy atom. The van der Waals surface area contributed by atoms with Gasteiger partial charge in [0.1, 0.15) is 5.82 Å². The number of nitrogens with one attached hydrogen (secondary N) is 2. The Bertz CT molecular complexity index is 526. The summed E-state index contributed by atoms with van der Waals surface area (Å²) in [4.78, 5) is 8.16. The van der Waals surface area contributed by atoms with Crippen LogP contribution in [0.1, 0.15) is 43.3 Å². The molecule has 0 radical (unpaired) electrons. The molecule has 3 nitrogen and oxygen atoms in total. The summed E-state index contributed by atoms with van der Waals surface area (Å²) in [6.45, 7) is 3.97. The van der Waals surface area contributed by atoms with Crippen molar-refractivity contribution in [1.29, 1.82) is 0 Å². The van der Waals surface area contributed by atoms with E-state index in [1.165, 1.54) is 30.5 Å². The molecule has 1 aromatic carbocycles. The fourth-order valence-corrected chi connectivity index (χ4v) is 2.90. The minimum Gasteiger partial charge on any atom is -0.344 e. The summed E-state index contributed by atoms with van der Waals surface area (Å²) in [6.07, 6.45) is 5.66. The molecular formula is C16H21N3. The minimum atomic E-state index is 0.131. The molecule has 0 amide bonds. The van der Waals surface area contributed by atoms with E-state index in [0.29, 0.717) is 0 Å². The zero-order valence-electron chi connectivity index (χ0n) is 11.4. The van der Waals surface area contributed by atoms with Crippen LogP contribution in [0.2, 0.25) is 0 Å². The lowest BCUT2D eigenvalue weighted by molar-refractivity contribution is 0.286. The van der Waals surface area contributed by atoms with E-state index in [4.69, 9.17) is 0 Å². The maximum atomic E-state index is 4.64. The first-order chi connectivity index (χ1) is 9.35. The van der Waals surface area contributed by atoms with Crippen LogP contribution in [0, 0.1) is 0 Å². The molecule has 1 fully saturated rings. The summed E-state index contributed by atoms with van der Waals surface area (Å²) < 4.78 is 0. The lowest BCUT2D eigenvalue weighted by atomic mass is 9.64. The Balaban J connectivity index is 1.88. The van der Waals surface area contributed by atoms with Crippen molar-refractivity contribution in [1.82, 2.24) is 15.3 Å². The Kier molecular flexibility index (Phi) is 3.38. The average molecular weight is 255 g/mol. The van der Waals surface area contributed by atoms with Crippen molar-refractivity contribution in [2.75, 3.05) is 6.54 Å². The highest BCUT2D eigenvalue weighted by atomic mass is 15.0. The number of nitrogens with zero attached hydrogens (tertiary/aromatic N) is 1. The Hall–Kier alpha value is -1.61. The summed E-state index contributed by atoms with van der Waals surface area (Å²) in [5.41, 5.74) is 2.70. The van der Waals surface area contributed by atoms with Gasteiger partial charge < -0.3 is 10.3 Å². The molecular weight excluding hydrogens is 234 g/mol. The number of aromatic nitrogens is 2. The number of imidazole rings is 1. The lowest BCUT2D eigenvalue weighted by Gasteiger charge is -2.40. The summed E-state index contributed by atoms with van der Waals surface area (Å²) in [5, 5.41) is 3.33. The van der Waals surface area contributed by atoms with Gasteiger partial charge in [-0.2, -0.15) is 0 Å². The van der Waals surface area contributed by atoms with E-state index < -0.39 is 0 Å². The summed E-state index contributed by atoms with van der Waals surface area (Å²) in [6, 6.07) is 10.8. The van der Waals surface area contributed by atoms with Crippen LogP contribution in [0.5, 0.6) is 0 Å². The van der Waals surface area contributed by atoms with Crippen molar-refractivity contribution in [2.24, 2.45) is 0 Å². The fourth-order valence-electron chi connectivity index (χ4n) is 2.90. The minimum absolute atomic E-state index is 0.131. The highest BCUT2D eigenvalue weighted by Crippen LogP contribution is 2.47. The molecule has 1 aromatic heterocycles. The molecule has 2 aromatic rings. The van der Waals surface area contributed by atoms with Gasteiger partial charge in [-0.1, -0.05) is 43.7 Å². The van der Waals surface area contributed by atoms with Crippen molar-refractivity contribution >= 4 is 0 Å². The number of H-pyrrole nitrogens is 1. The second-order valence-electron chi connectivity index (χ2n) is 5.34. The molecule has 1 aliphatic rings. The van der Waals surface area contributed by atoms with Gasteiger partial charge in [-0.3, -0.25) is 0 Å². The van der Waals surface area contributed by atoms with E-state index in [1.54, 1.807) is 0 Å². The SMILES string of the molecule is CCNCc1cnc(C2(c3ccccc3)CCC2)[nH]1. The molecule has 0 atom stereocenters. The van der Waals surface area contributed by atoms with Crippen LogP contribution in [0.3, 0.4) is 0 Å². The second kappa shape index (κ2) is 5.17. The third-order valence-electron chi connectivity index (χ3n) is 4.18. The molecule has 0 spiro atoms. The first-order valence-electron chi connectivity index (χ1n) is 7.16. The Labute approximate surface area is 114 Å². The van der Waals surface area contributed by atoms with Crippen LogP contribution in [0.4, 0.5) is 0 Å². The maximum Gasteiger partial charge on any atom is 0.116 e. The van der Waals surface area contributed by atoms with Gasteiger partial charge in [-0.25, -0.2) is 4.98 Å². The quantitative estimate of drug-likeness (QED) is 0.862. The van der Waals surface area contributed by atoms with Crippen LogP contribution in [-0.2, 0) is 12.0 Å². The molecule has 0 bridgehead atoms. The highest BCUT2D eigenvalue weighted by molar-refractivity contribution is 5.36. The van der Waals surface area contributed by atoms with Crippen molar-refractivity contribution in [2.45, 2.75) is 38.1 Å². The van der Waals surface area contributed by atoms with Crippen molar-refractivity contribution in [3.63, 3.8) is 0 Å². The van der Waals surface area contributed by atoms with Gasteiger partial charge in [0, 0.05) is 18.4 Å². The first-order valence-corrected chi connectivity index (χ1v) is 7.16. The summed E-state index contributed by atoms with van der Waals surface area (Å²) >= 11 is 0. The molecule has 3 rings (SSSR count). The van der Waals surface area contributed by atoms with Gasteiger partial charge in [-0.15, -0.1) is 0 Å². The Morgan fingerprint density at radius 3 is 2.68 bits per heavy atom. The number of rotatable bonds is 5. The molecule has 3 heteroatoms. The smallest absolute Gasteiger partial charge is 0.116 e. The Morgan fingerprint density at radius 1 is 1.26 bits per heavy atom. The zero-order chi connectivity index (χ0) is 13.1. The molecule has 1 aliphatic carbocycles. The maximum absolute atomic E-state index is 4.64. The van der Waals surface area contributed by atoms with Gasteiger partial charge in [0.15, 0.2) is 0 Å². The summed E-state index contributed by atoms with van der Waals surface area (Å²) in [5.74, 6) is 1.14. The predicted molar refractivity (Wildman–Crippen MR) is 77.0 cm³/mol. The number of hydrogen-bond acceptors (Lipinski definition) is 2. The van der Waals surface area contributed by atoms with Gasteiger partial charge in [0.25, 0.3) is 0 Å². The number of hydrogen-bond donors (Lipinski definition) is 2. The van der Waals surface area contributed by atoms with Crippen LogP contribution in [-0.4, -0.2) is 16.5 Å². The second-order valence-corrected chi connectivity index (χ2v) is 5.34. The third-order valence-corrected chi connectivity index (χ3v) is 4.18. The van der Waals surface area contributed by atoms with Crippen molar-refractivity contribution in [3.05, 3.63) is 53.6 Å². The normalized spacial score (nSPS) is 17.1. The van der Waals surface area contributed by atoms with Crippen molar-refractivity contribution in [3.8, 4) is 0 Å². The topological polar surface area (TPSA) is 40.7 Å². The average Bonchev–Trinajstić information content (AvgIpc) is 2.85. The zero-order valence-corrected chi connectivity index (χ0v) is 11.4. The van der Waals surface area contributed by atoms with Gasteiger partial charge in [-0.05, 0) is 24.9 Å². The molecule has 100 valence electrons. The largest absolute Gasteiger partial charge is 0.344 e. The van der Waals surface area contributed by atoms with E-state index in [-0.39, 0.29) is 5.41 Å². The molecule has 0 unspecified atom stereocenters. The van der Waals surface area contributed by atoms with E-state index in [9.17, 15) is 0 Å². The van der Waals surface area contributed by atoms with E-state index >= 15 is 0 Å². The molecule has 0 saturated heterocycles. The number of benzene rings is 1. The van der Waals surface area contributed by atoms with E-state index in [0.717, 1.165) is 18.9 Å². The van der Waals surface area contributed by atoms with Gasteiger partial charge >= 0.3 is 0 Å². The third kappa shape index (κ3) is 2.19. The van der Waals surface area contributed by atoms with E-state index in [1.807, 2.05) is 6.20 Å². The molecule has 1 saturated carbocycles. The predicted octanol–water partition coefficient (Wildman–Crippen LogP) is 2.99. The van der Waals surface area contributed by atoms with Crippen LogP contribution < -0.4 is 5.32 Å². The number of aromatic amines is 1. The summed E-state index contributed by atoms with van der Waals surface area (Å²) in [7, 11) is 0. The molecule has 1 heterocycles. The van der Waals surface area contributed by atoms with Crippen LogP contribution in [0.15, 0.2) is 36.5 Å². The van der Waals surface area contributed by atoms with Crippen LogP contribution in [0.25, 0.3) is 0 Å². The molecule has 0 aliphatic heterocycles. The van der Waals surface area contributed by atoms with Gasteiger partial charge in [0.05, 0.1) is 5.41 Å². The van der Waals surface area contributed by atoms with Crippen molar-refractivity contribution < 1.29 is 0 Å². The van der Waals surface area contributed by atoms with E-state index in [2.05, 4.69) is 52.5 Å². The standard InChI is InChI=1S/C16H21N3/c1-2-17-11-14-12-18-15(19-14)16(9-6-10-16)13-7-4-3-5-8-13/h3-5,7-8,12,17H,2,6,9-11H2,1H3,(H,18,19). The fraction of sp³-hybridized carbons (Fsp3) is 0.438. The van der Waals surface area contributed by atoms with Gasteiger partial charge in [0.2, 0.25) is 0 Å². The molecule has 2 N–H and O–H groups in total. The van der Waals surface area contributed by atoms with Crippen LogP contribution >= 0.6 is 0 Å².